The molecule has 0 bridgehead atoms. The van der Waals surface area contributed by atoms with Crippen molar-refractivity contribution in [2.75, 3.05) is 0 Å². The summed E-state index contributed by atoms with van der Waals surface area (Å²) in [6.45, 7) is 0. The third-order valence-electron chi connectivity index (χ3n) is 5.39. The van der Waals surface area contributed by atoms with Crippen molar-refractivity contribution in [3.05, 3.63) is 40.6 Å². The summed E-state index contributed by atoms with van der Waals surface area (Å²) >= 11 is 0. The smallest absolute Gasteiger partial charge is 0.446 e. The molecule has 16 nitrogen and oxygen atoms in total. The van der Waals surface area contributed by atoms with Crippen LogP contribution >= 0.6 is 0 Å². The van der Waals surface area contributed by atoms with Gasteiger partial charge in [-0.1, -0.05) is 0 Å². The Bertz CT molecular complexity index is 1580. The highest BCUT2D eigenvalue weighted by Gasteiger charge is 2.48. The van der Waals surface area contributed by atoms with Crippen molar-refractivity contribution in [1.82, 2.24) is 0 Å². The second kappa shape index (κ2) is 9.63. The molecule has 2 aromatic carbocycles. The molecule has 8 N–H and O–H groups in total. The second-order valence-corrected chi connectivity index (χ2v) is 8.99. The molecule has 3 aromatic rings. The number of ether oxygens (including phenoxy) is 2. The van der Waals surface area contributed by atoms with Gasteiger partial charge in [-0.3, -0.25) is 9.35 Å². The molecule has 2 heterocycles. The predicted molar refractivity (Wildman–Crippen MR) is 120 cm³/mol. The highest BCUT2D eigenvalue weighted by Crippen LogP contribution is 2.39. The molecule has 4 rings (SSSR count). The van der Waals surface area contributed by atoms with Gasteiger partial charge in [0.25, 0.3) is 0 Å². The Hall–Kier alpha value is -4.13. The average molecular weight is 558 g/mol. The van der Waals surface area contributed by atoms with E-state index in [0.717, 1.165) is 24.3 Å². The van der Waals surface area contributed by atoms with Crippen LogP contribution in [0.15, 0.2) is 39.5 Å². The van der Waals surface area contributed by atoms with Crippen LogP contribution in [-0.4, -0.2) is 85.4 Å². The first kappa shape index (κ1) is 26.9. The number of aliphatic hydroxyl groups excluding tert-OH is 3. The molecule has 5 atom stereocenters. The monoisotopic (exact) mass is 558 g/mol. The Morgan fingerprint density at radius 3 is 2.21 bits per heavy atom. The minimum atomic E-state index is -5.05. The molecule has 1 saturated heterocycles. The molecule has 0 amide bonds. The first-order valence-corrected chi connectivity index (χ1v) is 11.7. The number of fused-ring (bicyclic) bond motifs is 1. The number of phenolic OH excluding ortho intramolecular Hbond substituents is 3. The van der Waals surface area contributed by atoms with Crippen LogP contribution in [0.3, 0.4) is 0 Å². The van der Waals surface area contributed by atoms with E-state index in [1.807, 2.05) is 0 Å². The van der Waals surface area contributed by atoms with E-state index in [1.54, 1.807) is 0 Å². The number of aromatic hydroxyl groups is 3. The summed E-state index contributed by atoms with van der Waals surface area (Å²) in [5.74, 6) is -6.06. The summed E-state index contributed by atoms with van der Waals surface area (Å²) in [5, 5.41) is 68.8. The first-order valence-electron chi connectivity index (χ1n) is 10.3. The standard InChI is InChI=1S/C21H18O16S/c22-8-2-1-6(3-9(8)23)17-18(35-21-16(28)14(26)15(27)19(36-21)20(29)30)13(25)12-10(24)4-7(5-11(12)34-17)37-38(31,32)33/h1-5,14-16,19,21-24,26-28H,(H,29,30)(H,31,32,33)/t14-,15+,16-,19+,21-/m1/s1. The fourth-order valence-electron chi connectivity index (χ4n) is 3.65. The molecule has 1 fully saturated rings. The molecule has 17 heteroatoms. The topological polar surface area (TPSA) is 271 Å². The van der Waals surface area contributed by atoms with Crippen LogP contribution < -0.4 is 14.3 Å². The summed E-state index contributed by atoms with van der Waals surface area (Å²) in [5.41, 5.74) is -1.91. The van der Waals surface area contributed by atoms with Gasteiger partial charge in [-0.25, -0.2) is 4.79 Å². The lowest BCUT2D eigenvalue weighted by atomic mass is 9.99. The predicted octanol–water partition coefficient (Wildman–Crippen LogP) is -0.971. The van der Waals surface area contributed by atoms with Crippen molar-refractivity contribution in [1.29, 1.82) is 0 Å². The zero-order valence-electron chi connectivity index (χ0n) is 18.5. The van der Waals surface area contributed by atoms with Crippen LogP contribution in [0.5, 0.6) is 28.7 Å². The van der Waals surface area contributed by atoms with Crippen LogP contribution in [0.1, 0.15) is 0 Å². The molecule has 0 saturated carbocycles. The number of carbonyl (C=O) groups is 1. The Kier molecular flexibility index (Phi) is 6.82. The van der Waals surface area contributed by atoms with Crippen molar-refractivity contribution in [3.63, 3.8) is 0 Å². The van der Waals surface area contributed by atoms with Gasteiger partial charge >= 0.3 is 16.4 Å². The van der Waals surface area contributed by atoms with Gasteiger partial charge in [-0.15, -0.1) is 0 Å². The third-order valence-corrected chi connectivity index (χ3v) is 5.80. The number of phenols is 3. The quantitative estimate of drug-likeness (QED) is 0.133. The third kappa shape index (κ3) is 5.01. The van der Waals surface area contributed by atoms with Crippen molar-refractivity contribution in [3.8, 4) is 40.1 Å². The maximum atomic E-state index is 13.4. The summed E-state index contributed by atoms with van der Waals surface area (Å²) in [4.78, 5) is 24.8. The highest BCUT2D eigenvalue weighted by atomic mass is 32.3. The molecule has 0 aliphatic carbocycles. The lowest BCUT2D eigenvalue weighted by molar-refractivity contribution is -0.271. The number of hydrogen-bond acceptors (Lipinski definition) is 14. The van der Waals surface area contributed by atoms with E-state index < -0.39 is 98.0 Å². The maximum absolute atomic E-state index is 13.4. The number of aliphatic hydroxyl groups is 3. The lowest BCUT2D eigenvalue weighted by Crippen LogP contribution is -2.61. The SMILES string of the molecule is O=C(O)[C@H]1O[C@@H](Oc2c(-c3ccc(O)c(O)c3)oc3cc(OS(=O)(=O)O)cc(O)c3c2=O)[C@H](O)[C@H](O)[C@@H]1O. The van der Waals surface area contributed by atoms with Gasteiger partial charge in [0, 0.05) is 17.7 Å². The fraction of sp³-hybridized carbons (Fsp3) is 0.238. The zero-order chi connectivity index (χ0) is 28.1. The van der Waals surface area contributed by atoms with Gasteiger partial charge in [0.1, 0.15) is 35.0 Å². The summed E-state index contributed by atoms with van der Waals surface area (Å²) in [6.07, 6.45) is -10.5. The van der Waals surface area contributed by atoms with E-state index in [1.165, 1.54) is 0 Å². The van der Waals surface area contributed by atoms with Crippen molar-refractivity contribution < 1.29 is 71.6 Å². The molecular weight excluding hydrogens is 540 g/mol. The number of hydrogen-bond donors (Lipinski definition) is 8. The molecule has 1 aromatic heterocycles. The largest absolute Gasteiger partial charge is 0.507 e. The lowest BCUT2D eigenvalue weighted by Gasteiger charge is -2.38. The van der Waals surface area contributed by atoms with E-state index >= 15 is 0 Å². The van der Waals surface area contributed by atoms with Gasteiger partial charge in [0.2, 0.25) is 17.5 Å². The number of carboxylic acid groups (broad SMARTS) is 1. The number of aliphatic carboxylic acids is 1. The Balaban J connectivity index is 1.93. The van der Waals surface area contributed by atoms with Gasteiger partial charge in [-0.2, -0.15) is 8.42 Å². The summed E-state index contributed by atoms with van der Waals surface area (Å²) < 4.78 is 51.3. The Morgan fingerprint density at radius 1 is 0.921 bits per heavy atom. The minimum absolute atomic E-state index is 0.171. The van der Waals surface area contributed by atoms with Crippen molar-refractivity contribution in [2.45, 2.75) is 30.7 Å². The van der Waals surface area contributed by atoms with E-state index in [9.17, 15) is 53.8 Å². The summed E-state index contributed by atoms with van der Waals surface area (Å²) in [7, 11) is -5.05. The Morgan fingerprint density at radius 2 is 1.61 bits per heavy atom. The molecule has 1 aliphatic rings. The maximum Gasteiger partial charge on any atom is 0.446 e. The molecule has 0 unspecified atom stereocenters. The van der Waals surface area contributed by atoms with Crippen LogP contribution in [0.4, 0.5) is 0 Å². The fourth-order valence-corrected chi connectivity index (χ4v) is 3.99. The van der Waals surface area contributed by atoms with Crippen LogP contribution in [0.25, 0.3) is 22.3 Å². The minimum Gasteiger partial charge on any atom is -0.507 e. The first-order chi connectivity index (χ1) is 17.7. The Labute approximate surface area is 210 Å². The van der Waals surface area contributed by atoms with Crippen LogP contribution in [0.2, 0.25) is 0 Å². The molecule has 1 aliphatic heterocycles. The van der Waals surface area contributed by atoms with E-state index in [2.05, 4.69) is 4.18 Å². The number of benzene rings is 2. The van der Waals surface area contributed by atoms with Crippen molar-refractivity contribution in [2.24, 2.45) is 0 Å². The summed E-state index contributed by atoms with van der Waals surface area (Å²) in [6, 6.07) is 4.45. The van der Waals surface area contributed by atoms with E-state index in [-0.39, 0.29) is 5.56 Å². The van der Waals surface area contributed by atoms with Gasteiger partial charge < -0.3 is 53.8 Å². The van der Waals surface area contributed by atoms with E-state index in [0.29, 0.717) is 6.07 Å². The molecule has 204 valence electrons. The number of carboxylic acids is 1. The van der Waals surface area contributed by atoms with Crippen molar-refractivity contribution >= 4 is 27.3 Å². The average Bonchev–Trinajstić information content (AvgIpc) is 2.80. The van der Waals surface area contributed by atoms with Crippen LogP contribution in [0, 0.1) is 0 Å². The molecule has 0 spiro atoms. The highest BCUT2D eigenvalue weighted by molar-refractivity contribution is 7.81. The number of rotatable bonds is 6. The van der Waals surface area contributed by atoms with Gasteiger partial charge in [0.05, 0.1) is 0 Å². The molecule has 38 heavy (non-hydrogen) atoms. The van der Waals surface area contributed by atoms with Gasteiger partial charge in [0.15, 0.2) is 29.1 Å². The zero-order valence-corrected chi connectivity index (χ0v) is 19.3. The normalized spacial score (nSPS) is 23.7. The molecular formula is C21H18O16S. The van der Waals surface area contributed by atoms with Gasteiger partial charge in [-0.05, 0) is 18.2 Å². The van der Waals surface area contributed by atoms with E-state index in [4.69, 9.17) is 18.4 Å². The molecule has 0 radical (unpaired) electrons. The van der Waals surface area contributed by atoms with Crippen LogP contribution in [-0.2, 0) is 19.9 Å². The second-order valence-electron chi connectivity index (χ2n) is 7.97.